The van der Waals surface area contributed by atoms with E-state index in [0.29, 0.717) is 5.56 Å². The lowest BCUT2D eigenvalue weighted by molar-refractivity contribution is -0.170. The molecule has 8 heteroatoms. The van der Waals surface area contributed by atoms with Crippen molar-refractivity contribution in [2.24, 2.45) is 0 Å². The molecular weight excluding hydrogens is 327 g/mol. The molecule has 0 aromatic heterocycles. The second-order valence-corrected chi connectivity index (χ2v) is 6.11. The second kappa shape index (κ2) is 8.03. The van der Waals surface area contributed by atoms with Crippen LogP contribution in [0.2, 0.25) is 0 Å². The van der Waals surface area contributed by atoms with E-state index in [1.54, 1.807) is 30.3 Å². The van der Waals surface area contributed by atoms with Gasteiger partial charge in [-0.05, 0) is 26.3 Å². The Balaban J connectivity index is 2.66. The van der Waals surface area contributed by atoms with E-state index in [0.717, 1.165) is 0 Å². The van der Waals surface area contributed by atoms with Crippen molar-refractivity contribution < 1.29 is 32.2 Å². The number of amides is 1. The van der Waals surface area contributed by atoms with Crippen molar-refractivity contribution in [3.05, 3.63) is 35.9 Å². The van der Waals surface area contributed by atoms with Crippen LogP contribution in [0.5, 0.6) is 0 Å². The molecule has 1 N–H and O–H groups in total. The van der Waals surface area contributed by atoms with E-state index in [4.69, 9.17) is 9.47 Å². The van der Waals surface area contributed by atoms with Gasteiger partial charge in [-0.25, -0.2) is 9.59 Å². The van der Waals surface area contributed by atoms with Crippen LogP contribution >= 0.6 is 0 Å². The Morgan fingerprint density at radius 2 is 1.71 bits per heavy atom. The SMILES string of the molecule is CC(C)(C)OC(=O)C(CC(F)(F)F)NC(=O)OCc1ccccc1. The lowest BCUT2D eigenvalue weighted by Gasteiger charge is -2.25. The van der Waals surface area contributed by atoms with E-state index < -0.39 is 36.3 Å². The first-order valence-corrected chi connectivity index (χ1v) is 7.23. The Morgan fingerprint density at radius 3 is 2.21 bits per heavy atom. The molecule has 1 amide bonds. The lowest BCUT2D eigenvalue weighted by atomic mass is 10.1. The maximum Gasteiger partial charge on any atom is 0.408 e. The molecule has 0 saturated heterocycles. The minimum atomic E-state index is -4.64. The van der Waals surface area contributed by atoms with Gasteiger partial charge in [0, 0.05) is 0 Å². The predicted molar refractivity (Wildman–Crippen MR) is 80.1 cm³/mol. The molecule has 1 rings (SSSR count). The third-order valence-electron chi connectivity index (χ3n) is 2.63. The third-order valence-corrected chi connectivity index (χ3v) is 2.63. The summed E-state index contributed by atoms with van der Waals surface area (Å²) in [5.74, 6) is -1.17. The zero-order valence-electron chi connectivity index (χ0n) is 13.6. The molecule has 0 aliphatic heterocycles. The van der Waals surface area contributed by atoms with Gasteiger partial charge in [0.2, 0.25) is 0 Å². The molecule has 0 spiro atoms. The van der Waals surface area contributed by atoms with Gasteiger partial charge in [0.25, 0.3) is 0 Å². The molecule has 1 unspecified atom stereocenters. The molecule has 0 aliphatic rings. The Bertz CT molecular complexity index is 553. The minimum Gasteiger partial charge on any atom is -0.458 e. The molecule has 0 fully saturated rings. The van der Waals surface area contributed by atoms with Gasteiger partial charge >= 0.3 is 18.2 Å². The average molecular weight is 347 g/mol. The highest BCUT2D eigenvalue weighted by Crippen LogP contribution is 2.23. The van der Waals surface area contributed by atoms with Crippen molar-refractivity contribution in [2.45, 2.75) is 51.6 Å². The van der Waals surface area contributed by atoms with Gasteiger partial charge in [-0.3, -0.25) is 0 Å². The predicted octanol–water partition coefficient (Wildman–Crippen LogP) is 3.58. The lowest BCUT2D eigenvalue weighted by Crippen LogP contribution is -2.46. The molecule has 24 heavy (non-hydrogen) atoms. The van der Waals surface area contributed by atoms with Crippen LogP contribution in [0.4, 0.5) is 18.0 Å². The number of hydrogen-bond acceptors (Lipinski definition) is 4. The van der Waals surface area contributed by atoms with Crippen LogP contribution in [-0.4, -0.2) is 29.9 Å². The molecule has 0 radical (unpaired) electrons. The number of carbonyl (C=O) groups excluding carboxylic acids is 2. The first-order chi connectivity index (χ1) is 11.0. The summed E-state index contributed by atoms with van der Waals surface area (Å²) in [6.45, 7) is 4.43. The second-order valence-electron chi connectivity index (χ2n) is 6.11. The number of alkyl halides is 3. The van der Waals surface area contributed by atoms with E-state index in [1.165, 1.54) is 20.8 Å². The van der Waals surface area contributed by atoms with Crippen LogP contribution in [-0.2, 0) is 20.9 Å². The first kappa shape index (κ1) is 19.8. The smallest absolute Gasteiger partial charge is 0.408 e. The quantitative estimate of drug-likeness (QED) is 0.827. The van der Waals surface area contributed by atoms with Crippen LogP contribution < -0.4 is 5.32 Å². The number of benzene rings is 1. The van der Waals surface area contributed by atoms with E-state index >= 15 is 0 Å². The summed E-state index contributed by atoms with van der Waals surface area (Å²) in [6.07, 6.45) is -7.31. The van der Waals surface area contributed by atoms with Gasteiger partial charge in [0.15, 0.2) is 0 Å². The Morgan fingerprint density at radius 1 is 1.12 bits per heavy atom. The van der Waals surface area contributed by atoms with Crippen LogP contribution in [0.1, 0.15) is 32.8 Å². The van der Waals surface area contributed by atoms with Crippen LogP contribution in [0.25, 0.3) is 0 Å². The summed E-state index contributed by atoms with van der Waals surface area (Å²) in [5, 5.41) is 1.91. The van der Waals surface area contributed by atoms with Crippen LogP contribution in [0, 0.1) is 0 Å². The fourth-order valence-electron chi connectivity index (χ4n) is 1.70. The van der Waals surface area contributed by atoms with Crippen molar-refractivity contribution in [1.29, 1.82) is 0 Å². The summed E-state index contributed by atoms with van der Waals surface area (Å²) in [4.78, 5) is 23.5. The third kappa shape index (κ3) is 8.40. The molecule has 0 aliphatic carbocycles. The van der Waals surface area contributed by atoms with Gasteiger partial charge in [0.05, 0.1) is 6.42 Å². The summed E-state index contributed by atoms with van der Waals surface area (Å²) in [6, 6.07) is 6.73. The van der Waals surface area contributed by atoms with Gasteiger partial charge in [0.1, 0.15) is 18.2 Å². The normalized spacial score (nSPS) is 13.1. The van der Waals surface area contributed by atoms with Gasteiger partial charge < -0.3 is 14.8 Å². The number of esters is 1. The maximum absolute atomic E-state index is 12.6. The highest BCUT2D eigenvalue weighted by molar-refractivity contribution is 5.81. The summed E-state index contributed by atoms with van der Waals surface area (Å²) in [7, 11) is 0. The van der Waals surface area contributed by atoms with Crippen molar-refractivity contribution in [3.8, 4) is 0 Å². The van der Waals surface area contributed by atoms with Crippen molar-refractivity contribution in [3.63, 3.8) is 0 Å². The molecule has 0 bridgehead atoms. The molecule has 1 aromatic rings. The zero-order valence-corrected chi connectivity index (χ0v) is 13.6. The van der Waals surface area contributed by atoms with Crippen LogP contribution in [0.3, 0.4) is 0 Å². The number of ether oxygens (including phenoxy) is 2. The maximum atomic E-state index is 12.6. The summed E-state index contributed by atoms with van der Waals surface area (Å²) < 4.78 is 47.5. The highest BCUT2D eigenvalue weighted by atomic mass is 19.4. The summed E-state index contributed by atoms with van der Waals surface area (Å²) in [5.41, 5.74) is -0.311. The van der Waals surface area contributed by atoms with Crippen molar-refractivity contribution in [2.75, 3.05) is 0 Å². The fraction of sp³-hybridized carbons (Fsp3) is 0.500. The Kier molecular flexibility index (Phi) is 6.62. The molecule has 0 heterocycles. The topological polar surface area (TPSA) is 64.6 Å². The fourth-order valence-corrected chi connectivity index (χ4v) is 1.70. The molecule has 1 atom stereocenters. The molecule has 0 saturated carbocycles. The van der Waals surface area contributed by atoms with Gasteiger partial charge in [-0.15, -0.1) is 0 Å². The number of hydrogen-bond donors (Lipinski definition) is 1. The molecule has 5 nitrogen and oxygen atoms in total. The van der Waals surface area contributed by atoms with E-state index in [2.05, 4.69) is 0 Å². The average Bonchev–Trinajstić information content (AvgIpc) is 2.42. The molecular formula is C16H20F3NO4. The van der Waals surface area contributed by atoms with E-state index in [9.17, 15) is 22.8 Å². The number of alkyl carbamates (subject to hydrolysis) is 1. The summed E-state index contributed by atoms with van der Waals surface area (Å²) >= 11 is 0. The number of halogens is 3. The molecule has 1 aromatic carbocycles. The zero-order chi connectivity index (χ0) is 18.4. The van der Waals surface area contributed by atoms with E-state index in [1.807, 2.05) is 5.32 Å². The highest BCUT2D eigenvalue weighted by Gasteiger charge is 2.38. The number of carbonyl (C=O) groups is 2. The Labute approximate surface area is 138 Å². The minimum absolute atomic E-state index is 0.125. The van der Waals surface area contributed by atoms with Crippen molar-refractivity contribution in [1.82, 2.24) is 5.32 Å². The largest absolute Gasteiger partial charge is 0.458 e. The van der Waals surface area contributed by atoms with Crippen LogP contribution in [0.15, 0.2) is 30.3 Å². The van der Waals surface area contributed by atoms with Gasteiger partial charge in [-0.2, -0.15) is 13.2 Å². The van der Waals surface area contributed by atoms with Crippen molar-refractivity contribution >= 4 is 12.1 Å². The first-order valence-electron chi connectivity index (χ1n) is 7.23. The standard InChI is InChI=1S/C16H20F3NO4/c1-15(2,3)24-13(21)12(9-16(17,18)19)20-14(22)23-10-11-7-5-4-6-8-11/h4-8,12H,9-10H2,1-3H3,(H,20,22). The van der Waals surface area contributed by atoms with E-state index in [-0.39, 0.29) is 6.61 Å². The molecule has 134 valence electrons. The number of rotatable bonds is 5. The monoisotopic (exact) mass is 347 g/mol. The van der Waals surface area contributed by atoms with Gasteiger partial charge in [-0.1, -0.05) is 30.3 Å². The Hall–Kier alpha value is -2.25. The number of nitrogens with one attached hydrogen (secondary N) is 1.